The molecule has 2 unspecified atom stereocenters. The van der Waals surface area contributed by atoms with E-state index in [0.29, 0.717) is 6.42 Å². The predicted molar refractivity (Wildman–Crippen MR) is 183 cm³/mol. The zero-order valence-corrected chi connectivity index (χ0v) is 30.2. The molecule has 3 N–H and O–H groups in total. The quantitative estimate of drug-likeness (QED) is 0.0392. The minimum Gasteiger partial charge on any atom is -0.462 e. The van der Waals surface area contributed by atoms with E-state index in [1.807, 2.05) is 0 Å². The Kier molecular flexibility index (Phi) is 30.9. The van der Waals surface area contributed by atoms with Gasteiger partial charge in [-0.15, -0.1) is 0 Å². The number of ether oxygens (including phenoxy) is 2. The first kappa shape index (κ1) is 44.0. The van der Waals surface area contributed by atoms with Crippen LogP contribution in [0.15, 0.2) is 0 Å². The number of phosphoric ester groups is 1. The summed E-state index contributed by atoms with van der Waals surface area (Å²) in [5.41, 5.74) is 5.32. The average molecular weight is 664 g/mol. The van der Waals surface area contributed by atoms with Crippen LogP contribution in [0.1, 0.15) is 175 Å². The molecule has 3 atom stereocenters. The van der Waals surface area contributed by atoms with Crippen molar-refractivity contribution in [2.75, 3.05) is 26.4 Å². The van der Waals surface area contributed by atoms with E-state index in [1.165, 1.54) is 103 Å². The zero-order valence-electron chi connectivity index (χ0n) is 29.3. The van der Waals surface area contributed by atoms with Crippen LogP contribution < -0.4 is 5.73 Å². The minimum absolute atomic E-state index is 0.0568. The lowest BCUT2D eigenvalue weighted by molar-refractivity contribution is -0.161. The molecule has 0 spiro atoms. The molecule has 0 fully saturated rings. The van der Waals surface area contributed by atoms with Crippen LogP contribution in [-0.4, -0.2) is 49.3 Å². The van der Waals surface area contributed by atoms with Gasteiger partial charge < -0.3 is 20.1 Å². The summed E-state index contributed by atoms with van der Waals surface area (Å²) in [7, 11) is -4.36. The van der Waals surface area contributed by atoms with Crippen molar-refractivity contribution in [1.29, 1.82) is 0 Å². The van der Waals surface area contributed by atoms with Gasteiger partial charge in [-0.1, -0.05) is 149 Å². The summed E-state index contributed by atoms with van der Waals surface area (Å²) in [6.07, 6.45) is 25.6. The van der Waals surface area contributed by atoms with Crippen LogP contribution in [-0.2, 0) is 32.7 Å². The van der Waals surface area contributed by atoms with E-state index in [1.54, 1.807) is 0 Å². The van der Waals surface area contributed by atoms with Gasteiger partial charge in [0.15, 0.2) is 6.10 Å². The molecule has 0 rings (SSSR count). The Bertz CT molecular complexity index is 738. The van der Waals surface area contributed by atoms with Gasteiger partial charge in [0.25, 0.3) is 0 Å². The summed E-state index contributed by atoms with van der Waals surface area (Å²) in [5.74, 6) is 0.000502. The summed E-state index contributed by atoms with van der Waals surface area (Å²) < 4.78 is 32.6. The molecule has 0 bridgehead atoms. The van der Waals surface area contributed by atoms with Crippen molar-refractivity contribution in [2.45, 2.75) is 181 Å². The van der Waals surface area contributed by atoms with Crippen LogP contribution in [0, 0.1) is 5.92 Å². The fourth-order valence-electron chi connectivity index (χ4n) is 5.14. The van der Waals surface area contributed by atoms with E-state index >= 15 is 0 Å². The van der Waals surface area contributed by atoms with Crippen LogP contribution in [0.25, 0.3) is 0 Å². The van der Waals surface area contributed by atoms with Crippen molar-refractivity contribution in [3.05, 3.63) is 0 Å². The maximum Gasteiger partial charge on any atom is 0.472 e. The molecule has 268 valence electrons. The van der Waals surface area contributed by atoms with Gasteiger partial charge in [-0.05, 0) is 18.8 Å². The first-order valence-corrected chi connectivity index (χ1v) is 19.9. The minimum atomic E-state index is -4.36. The lowest BCUT2D eigenvalue weighted by atomic mass is 9.99. The van der Waals surface area contributed by atoms with Gasteiger partial charge >= 0.3 is 19.8 Å². The number of carbonyl (C=O) groups excluding carboxylic acids is 2. The molecular formula is C35H70NO8P. The molecule has 9 nitrogen and oxygen atoms in total. The van der Waals surface area contributed by atoms with E-state index in [2.05, 4.69) is 20.8 Å². The van der Waals surface area contributed by atoms with Crippen LogP contribution in [0.2, 0.25) is 0 Å². The first-order valence-electron chi connectivity index (χ1n) is 18.4. The third-order valence-corrected chi connectivity index (χ3v) is 9.27. The van der Waals surface area contributed by atoms with Crippen molar-refractivity contribution >= 4 is 19.8 Å². The fourth-order valence-corrected chi connectivity index (χ4v) is 5.90. The molecule has 0 saturated carbocycles. The van der Waals surface area contributed by atoms with E-state index in [0.717, 1.165) is 38.0 Å². The number of unbranched alkanes of at least 4 members (excludes halogenated alkanes) is 18. The number of rotatable bonds is 34. The van der Waals surface area contributed by atoms with Crippen molar-refractivity contribution in [3.8, 4) is 0 Å². The van der Waals surface area contributed by atoms with Crippen LogP contribution in [0.3, 0.4) is 0 Å². The first-order chi connectivity index (χ1) is 21.7. The lowest BCUT2D eigenvalue weighted by Crippen LogP contribution is -2.29. The largest absolute Gasteiger partial charge is 0.472 e. The van der Waals surface area contributed by atoms with Gasteiger partial charge in [0.2, 0.25) is 0 Å². The van der Waals surface area contributed by atoms with Gasteiger partial charge in [-0.3, -0.25) is 18.6 Å². The second-order valence-corrected chi connectivity index (χ2v) is 14.2. The summed E-state index contributed by atoms with van der Waals surface area (Å²) in [4.78, 5) is 34.6. The number of phosphoric acid groups is 1. The summed E-state index contributed by atoms with van der Waals surface area (Å²) in [6.45, 7) is 6.05. The molecule has 0 amide bonds. The van der Waals surface area contributed by atoms with E-state index in [9.17, 15) is 19.0 Å². The average Bonchev–Trinajstić information content (AvgIpc) is 3.02. The summed E-state index contributed by atoms with van der Waals surface area (Å²) in [5, 5.41) is 0. The SMILES string of the molecule is CCCCCCCCCCCCCCC(=O)OC[C@@H](COP(=O)(O)OCCN)OC(=O)CCCCCCCCCCC(C)CC. The van der Waals surface area contributed by atoms with Crippen molar-refractivity contribution in [3.63, 3.8) is 0 Å². The third-order valence-electron chi connectivity index (χ3n) is 8.28. The van der Waals surface area contributed by atoms with E-state index in [-0.39, 0.29) is 38.6 Å². The Labute approximate surface area is 276 Å². The highest BCUT2D eigenvalue weighted by molar-refractivity contribution is 7.47. The van der Waals surface area contributed by atoms with Crippen molar-refractivity contribution < 1.29 is 37.6 Å². The monoisotopic (exact) mass is 663 g/mol. The molecule has 0 saturated heterocycles. The van der Waals surface area contributed by atoms with Gasteiger partial charge in [0, 0.05) is 19.4 Å². The smallest absolute Gasteiger partial charge is 0.462 e. The van der Waals surface area contributed by atoms with Crippen molar-refractivity contribution in [1.82, 2.24) is 0 Å². The van der Waals surface area contributed by atoms with Gasteiger partial charge in [-0.25, -0.2) is 4.57 Å². The number of nitrogens with two attached hydrogens (primary N) is 1. The van der Waals surface area contributed by atoms with Crippen LogP contribution in [0.4, 0.5) is 0 Å². The fraction of sp³-hybridized carbons (Fsp3) is 0.943. The molecule has 0 aromatic rings. The normalized spacial score (nSPS) is 14.2. The maximum atomic E-state index is 12.5. The van der Waals surface area contributed by atoms with E-state index < -0.39 is 26.5 Å². The lowest BCUT2D eigenvalue weighted by Gasteiger charge is -2.19. The molecule has 0 aliphatic heterocycles. The number of carbonyl (C=O) groups is 2. The Morgan fingerprint density at radius 3 is 1.62 bits per heavy atom. The Morgan fingerprint density at radius 2 is 1.13 bits per heavy atom. The molecule has 0 aromatic carbocycles. The molecular weight excluding hydrogens is 593 g/mol. The molecule has 10 heteroatoms. The Morgan fingerprint density at radius 1 is 0.667 bits per heavy atom. The highest BCUT2D eigenvalue weighted by atomic mass is 31.2. The van der Waals surface area contributed by atoms with Gasteiger partial charge in [0.05, 0.1) is 13.2 Å². The number of hydrogen-bond acceptors (Lipinski definition) is 8. The highest BCUT2D eigenvalue weighted by Crippen LogP contribution is 2.43. The van der Waals surface area contributed by atoms with Crippen molar-refractivity contribution in [2.24, 2.45) is 11.7 Å². The Balaban J connectivity index is 4.24. The molecule has 0 aromatic heterocycles. The standard InChI is InChI=1S/C35H70NO8P/c1-4-6-7-8-9-10-11-12-13-17-20-23-26-34(37)41-30-33(31-43-45(39,40)42-29-28-36)44-35(38)27-24-21-18-15-14-16-19-22-25-32(3)5-2/h32-33H,4-31,36H2,1-3H3,(H,39,40)/t32?,33-/m0/s1. The molecule has 0 heterocycles. The topological polar surface area (TPSA) is 134 Å². The zero-order chi connectivity index (χ0) is 33.4. The highest BCUT2D eigenvalue weighted by Gasteiger charge is 2.26. The Hall–Kier alpha value is -0.990. The second kappa shape index (κ2) is 31.6. The van der Waals surface area contributed by atoms with Gasteiger partial charge in [-0.2, -0.15) is 0 Å². The van der Waals surface area contributed by atoms with E-state index in [4.69, 9.17) is 24.3 Å². The molecule has 0 aliphatic carbocycles. The van der Waals surface area contributed by atoms with Crippen LogP contribution in [0.5, 0.6) is 0 Å². The maximum absolute atomic E-state index is 12.5. The predicted octanol–water partition coefficient (Wildman–Crippen LogP) is 9.57. The van der Waals surface area contributed by atoms with Crippen LogP contribution >= 0.6 is 7.82 Å². The number of esters is 2. The number of hydrogen-bond donors (Lipinski definition) is 2. The third kappa shape index (κ3) is 31.4. The van der Waals surface area contributed by atoms with Gasteiger partial charge in [0.1, 0.15) is 6.61 Å². The molecule has 45 heavy (non-hydrogen) atoms. The second-order valence-electron chi connectivity index (χ2n) is 12.7. The molecule has 0 radical (unpaired) electrons. The summed E-state index contributed by atoms with van der Waals surface area (Å²) >= 11 is 0. The summed E-state index contributed by atoms with van der Waals surface area (Å²) in [6, 6.07) is 0. The molecule has 0 aliphatic rings.